The molecule has 1 aliphatic rings. The van der Waals surface area contributed by atoms with Gasteiger partial charge < -0.3 is 10.1 Å². The summed E-state index contributed by atoms with van der Waals surface area (Å²) in [6.07, 6.45) is 11.4. The number of anilines is 2. The molecule has 2 aromatic rings. The average molecular weight is 329 g/mol. The summed E-state index contributed by atoms with van der Waals surface area (Å²) in [4.78, 5) is 12.8. The van der Waals surface area contributed by atoms with Crippen LogP contribution in [0.15, 0.2) is 30.7 Å². The average Bonchev–Trinajstić information content (AvgIpc) is 2.69. The molecule has 0 unspecified atom stereocenters. The molecule has 2 heterocycles. The van der Waals surface area contributed by atoms with Crippen LogP contribution in [0, 0.1) is 5.41 Å². The lowest BCUT2D eigenvalue weighted by Gasteiger charge is -2.12. The van der Waals surface area contributed by atoms with Crippen LogP contribution >= 0.6 is 11.6 Å². The standard InChI is InChI=1S/C17H17ClN4O/c1-17(2)6-4-11-13(5-7-17)20-10-21-16(11)22-14-8-15(23-3)19-9-12(14)18/h4-10H,1-3H3,(H,19,20,21,22). The number of hydrogen-bond donors (Lipinski definition) is 1. The maximum absolute atomic E-state index is 6.21. The van der Waals surface area contributed by atoms with Gasteiger partial charge in [0.25, 0.3) is 0 Å². The zero-order valence-electron chi connectivity index (χ0n) is 13.2. The zero-order chi connectivity index (χ0) is 16.4. The van der Waals surface area contributed by atoms with Crippen molar-refractivity contribution in [3.63, 3.8) is 0 Å². The number of rotatable bonds is 3. The first-order valence-corrected chi connectivity index (χ1v) is 7.56. The van der Waals surface area contributed by atoms with E-state index in [0.29, 0.717) is 22.4 Å². The molecule has 0 radical (unpaired) electrons. The fraction of sp³-hybridized carbons (Fsp3) is 0.235. The van der Waals surface area contributed by atoms with E-state index in [1.807, 2.05) is 12.2 Å². The van der Waals surface area contributed by atoms with Gasteiger partial charge in [-0.15, -0.1) is 0 Å². The number of allylic oxidation sites excluding steroid dienone is 2. The molecule has 0 spiro atoms. The maximum Gasteiger partial charge on any atom is 0.215 e. The van der Waals surface area contributed by atoms with Crippen LogP contribution < -0.4 is 10.1 Å². The molecular formula is C17H17ClN4O. The highest BCUT2D eigenvalue weighted by molar-refractivity contribution is 6.33. The van der Waals surface area contributed by atoms with E-state index in [1.54, 1.807) is 19.4 Å². The summed E-state index contributed by atoms with van der Waals surface area (Å²) in [5.74, 6) is 1.16. The van der Waals surface area contributed by atoms with Gasteiger partial charge in [-0.1, -0.05) is 43.7 Å². The maximum atomic E-state index is 6.21. The largest absolute Gasteiger partial charge is 0.481 e. The van der Waals surface area contributed by atoms with Crippen LogP contribution in [0.4, 0.5) is 11.5 Å². The van der Waals surface area contributed by atoms with E-state index >= 15 is 0 Å². The van der Waals surface area contributed by atoms with E-state index < -0.39 is 0 Å². The number of fused-ring (bicyclic) bond motifs is 1. The molecule has 1 aliphatic carbocycles. The number of aromatic nitrogens is 3. The Morgan fingerprint density at radius 3 is 2.70 bits per heavy atom. The summed E-state index contributed by atoms with van der Waals surface area (Å²) in [5, 5.41) is 3.73. The van der Waals surface area contributed by atoms with Gasteiger partial charge in [-0.25, -0.2) is 15.0 Å². The molecule has 3 rings (SSSR count). The van der Waals surface area contributed by atoms with Crippen molar-refractivity contribution in [3.05, 3.63) is 47.0 Å². The van der Waals surface area contributed by atoms with Gasteiger partial charge in [-0.2, -0.15) is 0 Å². The highest BCUT2D eigenvalue weighted by atomic mass is 35.5. The van der Waals surface area contributed by atoms with Gasteiger partial charge in [-0.3, -0.25) is 0 Å². The summed E-state index contributed by atoms with van der Waals surface area (Å²) in [6, 6.07) is 1.73. The summed E-state index contributed by atoms with van der Waals surface area (Å²) in [6.45, 7) is 4.27. The highest BCUT2D eigenvalue weighted by Crippen LogP contribution is 2.32. The number of nitrogens with one attached hydrogen (secondary N) is 1. The van der Waals surface area contributed by atoms with Gasteiger partial charge in [0, 0.05) is 17.0 Å². The van der Waals surface area contributed by atoms with E-state index in [1.165, 1.54) is 6.33 Å². The predicted octanol–water partition coefficient (Wildman–Crippen LogP) is 4.34. The minimum atomic E-state index is -0.0322. The van der Waals surface area contributed by atoms with Crippen molar-refractivity contribution >= 4 is 35.3 Å². The first-order valence-electron chi connectivity index (χ1n) is 7.18. The zero-order valence-corrected chi connectivity index (χ0v) is 13.9. The Labute approximate surface area is 140 Å². The SMILES string of the molecule is COc1cc(Nc2ncnc3c2C=CC(C)(C)C=C3)c(Cl)cn1. The van der Waals surface area contributed by atoms with Crippen LogP contribution in [0.5, 0.6) is 5.88 Å². The van der Waals surface area contributed by atoms with Crippen LogP contribution in [-0.4, -0.2) is 22.1 Å². The van der Waals surface area contributed by atoms with Gasteiger partial charge in [-0.05, 0) is 6.08 Å². The Kier molecular flexibility index (Phi) is 4.05. The van der Waals surface area contributed by atoms with Crippen molar-refractivity contribution in [2.24, 2.45) is 5.41 Å². The lowest BCUT2D eigenvalue weighted by Crippen LogP contribution is -2.01. The van der Waals surface area contributed by atoms with Crippen LogP contribution in [0.3, 0.4) is 0 Å². The molecule has 0 atom stereocenters. The molecule has 5 nitrogen and oxygen atoms in total. The number of pyridine rings is 1. The second-order valence-electron chi connectivity index (χ2n) is 5.84. The van der Waals surface area contributed by atoms with Crippen molar-refractivity contribution < 1.29 is 4.74 Å². The fourth-order valence-electron chi connectivity index (χ4n) is 2.21. The summed E-state index contributed by atoms with van der Waals surface area (Å²) in [7, 11) is 1.56. The van der Waals surface area contributed by atoms with Crippen LogP contribution in [0.25, 0.3) is 12.2 Å². The molecule has 0 amide bonds. The first-order chi connectivity index (χ1) is 11.0. The molecule has 0 bridgehead atoms. The van der Waals surface area contributed by atoms with Crippen molar-refractivity contribution in [1.82, 2.24) is 15.0 Å². The summed E-state index contributed by atoms with van der Waals surface area (Å²) >= 11 is 6.21. The molecule has 1 N–H and O–H groups in total. The Hall–Kier alpha value is -2.40. The van der Waals surface area contributed by atoms with Crippen molar-refractivity contribution in [1.29, 1.82) is 0 Å². The van der Waals surface area contributed by atoms with E-state index in [2.05, 4.69) is 46.3 Å². The molecule has 2 aromatic heterocycles. The summed E-state index contributed by atoms with van der Waals surface area (Å²) in [5.41, 5.74) is 2.43. The monoisotopic (exact) mass is 328 g/mol. The lowest BCUT2D eigenvalue weighted by atomic mass is 9.93. The third kappa shape index (κ3) is 3.35. The van der Waals surface area contributed by atoms with Gasteiger partial charge in [0.15, 0.2) is 0 Å². The normalized spacial score (nSPS) is 15.0. The van der Waals surface area contributed by atoms with Crippen molar-refractivity contribution in [2.75, 3.05) is 12.4 Å². The van der Waals surface area contributed by atoms with E-state index in [-0.39, 0.29) is 5.41 Å². The molecule has 0 saturated carbocycles. The Bertz CT molecular complexity index is 799. The number of hydrogen-bond acceptors (Lipinski definition) is 5. The van der Waals surface area contributed by atoms with Crippen LogP contribution in [0.1, 0.15) is 25.1 Å². The van der Waals surface area contributed by atoms with E-state index in [9.17, 15) is 0 Å². The van der Waals surface area contributed by atoms with Crippen molar-refractivity contribution in [2.45, 2.75) is 13.8 Å². The topological polar surface area (TPSA) is 59.9 Å². The van der Waals surface area contributed by atoms with Gasteiger partial charge in [0.2, 0.25) is 5.88 Å². The molecule has 118 valence electrons. The molecule has 0 aliphatic heterocycles. The van der Waals surface area contributed by atoms with Gasteiger partial charge in [0.1, 0.15) is 12.1 Å². The Morgan fingerprint density at radius 2 is 1.91 bits per heavy atom. The first kappa shape index (κ1) is 15.5. The minimum absolute atomic E-state index is 0.0322. The van der Waals surface area contributed by atoms with E-state index in [0.717, 1.165) is 11.3 Å². The molecule has 23 heavy (non-hydrogen) atoms. The van der Waals surface area contributed by atoms with Crippen LogP contribution in [0.2, 0.25) is 5.02 Å². The second kappa shape index (κ2) is 6.01. The Morgan fingerprint density at radius 1 is 1.13 bits per heavy atom. The number of methoxy groups -OCH3 is 1. The Balaban J connectivity index is 2.02. The quantitative estimate of drug-likeness (QED) is 0.908. The van der Waals surface area contributed by atoms with Crippen LogP contribution in [-0.2, 0) is 0 Å². The van der Waals surface area contributed by atoms with Crippen molar-refractivity contribution in [3.8, 4) is 5.88 Å². The summed E-state index contributed by atoms with van der Waals surface area (Å²) < 4.78 is 5.14. The molecule has 6 heteroatoms. The number of nitrogens with zero attached hydrogens (tertiary/aromatic N) is 3. The molecule has 0 aromatic carbocycles. The minimum Gasteiger partial charge on any atom is -0.481 e. The molecular weight excluding hydrogens is 312 g/mol. The molecule has 0 saturated heterocycles. The predicted molar refractivity (Wildman–Crippen MR) is 93.0 cm³/mol. The molecule has 0 fully saturated rings. The van der Waals surface area contributed by atoms with Gasteiger partial charge >= 0.3 is 0 Å². The number of ether oxygens (including phenoxy) is 1. The number of halogens is 1. The third-order valence-electron chi connectivity index (χ3n) is 3.56. The second-order valence-corrected chi connectivity index (χ2v) is 6.25. The smallest absolute Gasteiger partial charge is 0.215 e. The van der Waals surface area contributed by atoms with Gasteiger partial charge in [0.05, 0.1) is 29.7 Å². The third-order valence-corrected chi connectivity index (χ3v) is 3.86. The lowest BCUT2D eigenvalue weighted by molar-refractivity contribution is 0.398. The van der Waals surface area contributed by atoms with E-state index in [4.69, 9.17) is 16.3 Å². The highest BCUT2D eigenvalue weighted by Gasteiger charge is 2.16. The fourth-order valence-corrected chi connectivity index (χ4v) is 2.36.